The molecule has 1 aromatic heterocycles. The van der Waals surface area contributed by atoms with Crippen molar-refractivity contribution in [3.05, 3.63) is 52.2 Å². The van der Waals surface area contributed by atoms with Crippen molar-refractivity contribution in [1.82, 2.24) is 9.88 Å². The molecule has 1 saturated heterocycles. The molecule has 0 radical (unpaired) electrons. The fourth-order valence-corrected chi connectivity index (χ4v) is 6.38. The normalized spacial score (nSPS) is 25.6. The van der Waals surface area contributed by atoms with Gasteiger partial charge in [0.25, 0.3) is 0 Å². The highest BCUT2D eigenvalue weighted by atomic mass is 16.3. The molecule has 0 spiro atoms. The van der Waals surface area contributed by atoms with Crippen molar-refractivity contribution in [2.75, 3.05) is 19.6 Å². The molecule has 0 bridgehead atoms. The van der Waals surface area contributed by atoms with Gasteiger partial charge >= 0.3 is 0 Å². The lowest BCUT2D eigenvalue weighted by molar-refractivity contribution is 0.0282. The van der Waals surface area contributed by atoms with Crippen molar-refractivity contribution in [2.45, 2.75) is 90.7 Å². The highest BCUT2D eigenvalue weighted by molar-refractivity contribution is 6.12. The molecule has 2 aromatic rings. The largest absolute Gasteiger partial charge is 0.389 e. The van der Waals surface area contributed by atoms with Gasteiger partial charge in [-0.25, -0.2) is 4.99 Å². The first kappa shape index (κ1) is 25.2. The lowest BCUT2D eigenvalue weighted by atomic mass is 9.85. The predicted molar refractivity (Wildman–Crippen MR) is 152 cm³/mol. The van der Waals surface area contributed by atoms with Gasteiger partial charge in [-0.3, -0.25) is 4.99 Å². The molecule has 1 aliphatic carbocycles. The van der Waals surface area contributed by atoms with E-state index in [2.05, 4.69) is 71.8 Å². The zero-order valence-electron chi connectivity index (χ0n) is 22.9. The molecule has 5 nitrogen and oxygen atoms in total. The standard InChI is InChI=1S/C31H42N4O/c1-19(2)28-25-16-23(22-12-14-35(15-13-22)17-31(5,6)36)10-11-26(25)34-30(28)24-8-7-9-27-29(33-18-32-27)21(4)20(24)3/h8,10-11,16,18-19,22,27,34,36H,7,9,12-15,17H2,1-6H3/b21-20-,24-8+. The maximum absolute atomic E-state index is 10.2. The summed E-state index contributed by atoms with van der Waals surface area (Å²) in [5, 5.41) is 11.6. The molecule has 0 amide bonds. The van der Waals surface area contributed by atoms with Crippen LogP contribution < -0.4 is 0 Å². The molecular formula is C31H42N4O. The third-order valence-corrected chi connectivity index (χ3v) is 8.28. The number of fused-ring (bicyclic) bond motifs is 2. The summed E-state index contributed by atoms with van der Waals surface area (Å²) in [7, 11) is 0. The van der Waals surface area contributed by atoms with Crippen LogP contribution in [0.1, 0.15) is 95.9 Å². The zero-order valence-corrected chi connectivity index (χ0v) is 22.9. The second kappa shape index (κ2) is 9.75. The maximum atomic E-state index is 10.2. The summed E-state index contributed by atoms with van der Waals surface area (Å²) in [6, 6.07) is 7.30. The Morgan fingerprint density at radius 2 is 1.86 bits per heavy atom. The van der Waals surface area contributed by atoms with Gasteiger partial charge in [0.05, 0.1) is 17.4 Å². The molecule has 192 valence electrons. The Hall–Kier alpha value is -2.50. The van der Waals surface area contributed by atoms with Crippen LogP contribution in [0.4, 0.5) is 0 Å². The molecule has 36 heavy (non-hydrogen) atoms. The van der Waals surface area contributed by atoms with Gasteiger partial charge in [0.1, 0.15) is 6.34 Å². The van der Waals surface area contributed by atoms with Crippen LogP contribution in [0, 0.1) is 0 Å². The lowest BCUT2D eigenvalue weighted by Crippen LogP contribution is -2.42. The van der Waals surface area contributed by atoms with Crippen LogP contribution in [-0.2, 0) is 0 Å². The van der Waals surface area contributed by atoms with Gasteiger partial charge in [0, 0.05) is 23.1 Å². The summed E-state index contributed by atoms with van der Waals surface area (Å²) in [4.78, 5) is 15.4. The van der Waals surface area contributed by atoms with E-state index in [1.54, 1.807) is 6.34 Å². The number of aliphatic hydroxyl groups is 1. The topological polar surface area (TPSA) is 64.0 Å². The molecule has 1 aromatic carbocycles. The van der Waals surface area contributed by atoms with Crippen LogP contribution >= 0.6 is 0 Å². The summed E-state index contributed by atoms with van der Waals surface area (Å²) in [5.41, 5.74) is 9.76. The van der Waals surface area contributed by atoms with E-state index in [0.29, 0.717) is 11.8 Å². The lowest BCUT2D eigenvalue weighted by Gasteiger charge is -2.35. The van der Waals surface area contributed by atoms with E-state index < -0.39 is 5.60 Å². The maximum Gasteiger partial charge on any atom is 0.111 e. The van der Waals surface area contributed by atoms with Gasteiger partial charge in [0.2, 0.25) is 0 Å². The molecule has 3 heterocycles. The van der Waals surface area contributed by atoms with Crippen LogP contribution in [0.25, 0.3) is 16.5 Å². The highest BCUT2D eigenvalue weighted by Gasteiger charge is 2.28. The van der Waals surface area contributed by atoms with Crippen molar-refractivity contribution >= 4 is 28.5 Å². The van der Waals surface area contributed by atoms with Crippen LogP contribution in [0.2, 0.25) is 0 Å². The number of nitrogens with zero attached hydrogens (tertiary/aromatic N) is 3. The fraction of sp³-hybridized carbons (Fsp3) is 0.548. The number of benzene rings is 1. The Morgan fingerprint density at radius 3 is 2.56 bits per heavy atom. The first-order valence-electron chi connectivity index (χ1n) is 13.7. The summed E-state index contributed by atoms with van der Waals surface area (Å²) in [5.74, 6) is 0.990. The van der Waals surface area contributed by atoms with Crippen LogP contribution in [-0.4, -0.2) is 58.3 Å². The third kappa shape index (κ3) is 4.88. The minimum atomic E-state index is -0.631. The molecule has 2 aliphatic heterocycles. The second-order valence-electron chi connectivity index (χ2n) is 12.0. The number of aliphatic imine (C=N–C) groups is 2. The molecule has 1 unspecified atom stereocenters. The predicted octanol–water partition coefficient (Wildman–Crippen LogP) is 6.61. The van der Waals surface area contributed by atoms with Gasteiger partial charge in [-0.2, -0.15) is 0 Å². The number of hydrogen-bond donors (Lipinski definition) is 2. The number of aromatic nitrogens is 1. The number of nitrogens with one attached hydrogen (secondary N) is 1. The van der Waals surface area contributed by atoms with E-state index in [1.165, 1.54) is 44.4 Å². The average Bonchev–Trinajstić information content (AvgIpc) is 3.43. The van der Waals surface area contributed by atoms with Gasteiger partial charge in [0.15, 0.2) is 0 Å². The molecule has 1 fully saturated rings. The molecule has 1 atom stereocenters. The number of allylic oxidation sites excluding steroid dienone is 3. The number of hydrogen-bond acceptors (Lipinski definition) is 4. The second-order valence-corrected chi connectivity index (χ2v) is 12.0. The SMILES string of the molecule is C/C1=C(C)/C(c2[nH]c3ccc(C4CCN(CC(C)(C)O)CC4)cc3c2C(C)C)=C\CCC2N=CN=C12. The monoisotopic (exact) mass is 486 g/mol. The number of rotatable bonds is 5. The summed E-state index contributed by atoms with van der Waals surface area (Å²) in [6.45, 7) is 15.7. The van der Waals surface area contributed by atoms with Crippen molar-refractivity contribution in [1.29, 1.82) is 0 Å². The number of β-amino-alcohol motifs (C(OH)–C–C–N with tert-alkyl or cyclic N) is 1. The quantitative estimate of drug-likeness (QED) is 0.500. The number of likely N-dealkylation sites (tertiary alicyclic amines) is 1. The molecule has 0 saturated carbocycles. The van der Waals surface area contributed by atoms with E-state index in [0.717, 1.165) is 51.0 Å². The van der Waals surface area contributed by atoms with E-state index in [9.17, 15) is 5.11 Å². The minimum Gasteiger partial charge on any atom is -0.389 e. The molecule has 5 rings (SSSR count). The zero-order chi connectivity index (χ0) is 25.6. The average molecular weight is 487 g/mol. The summed E-state index contributed by atoms with van der Waals surface area (Å²) >= 11 is 0. The van der Waals surface area contributed by atoms with Gasteiger partial charge in [-0.15, -0.1) is 0 Å². The van der Waals surface area contributed by atoms with E-state index in [4.69, 9.17) is 0 Å². The minimum absolute atomic E-state index is 0.211. The Kier molecular flexibility index (Phi) is 6.82. The van der Waals surface area contributed by atoms with E-state index in [-0.39, 0.29) is 6.04 Å². The Bertz CT molecular complexity index is 1260. The molecule has 5 heteroatoms. The molecule has 2 N–H and O–H groups in total. The Morgan fingerprint density at radius 1 is 1.11 bits per heavy atom. The van der Waals surface area contributed by atoms with Crippen molar-refractivity contribution in [2.24, 2.45) is 9.98 Å². The molecular weight excluding hydrogens is 444 g/mol. The Balaban J connectivity index is 1.48. The first-order chi connectivity index (χ1) is 17.1. The van der Waals surface area contributed by atoms with Gasteiger partial charge < -0.3 is 15.0 Å². The third-order valence-electron chi connectivity index (χ3n) is 8.28. The van der Waals surface area contributed by atoms with Crippen LogP contribution in [0.5, 0.6) is 0 Å². The number of aromatic amines is 1. The highest BCUT2D eigenvalue weighted by Crippen LogP contribution is 2.40. The van der Waals surface area contributed by atoms with E-state index in [1.807, 2.05) is 13.8 Å². The number of H-pyrrole nitrogens is 1. The fourth-order valence-electron chi connectivity index (χ4n) is 6.38. The van der Waals surface area contributed by atoms with Crippen LogP contribution in [0.15, 0.2) is 45.4 Å². The summed E-state index contributed by atoms with van der Waals surface area (Å²) in [6.07, 6.45) is 8.46. The van der Waals surface area contributed by atoms with Crippen LogP contribution in [0.3, 0.4) is 0 Å². The van der Waals surface area contributed by atoms with E-state index >= 15 is 0 Å². The first-order valence-corrected chi connectivity index (χ1v) is 13.7. The van der Waals surface area contributed by atoms with Gasteiger partial charge in [-0.05, 0) is 118 Å². The van der Waals surface area contributed by atoms with Crippen molar-refractivity contribution < 1.29 is 5.11 Å². The molecule has 3 aliphatic rings. The van der Waals surface area contributed by atoms with Gasteiger partial charge in [-0.1, -0.05) is 26.0 Å². The summed E-state index contributed by atoms with van der Waals surface area (Å²) < 4.78 is 0. The van der Waals surface area contributed by atoms with Crippen molar-refractivity contribution in [3.63, 3.8) is 0 Å². The number of piperidine rings is 1. The Labute approximate surface area is 216 Å². The van der Waals surface area contributed by atoms with Crippen molar-refractivity contribution in [3.8, 4) is 0 Å². The smallest absolute Gasteiger partial charge is 0.111 e.